The van der Waals surface area contributed by atoms with E-state index >= 15 is 0 Å². The van der Waals surface area contributed by atoms with Gasteiger partial charge in [-0.3, -0.25) is 0 Å². The molecule has 3 atom stereocenters. The van der Waals surface area contributed by atoms with Gasteiger partial charge in [-0.2, -0.15) is 0 Å². The van der Waals surface area contributed by atoms with Crippen molar-refractivity contribution in [2.75, 3.05) is 26.0 Å². The molecule has 1 N–H and O–H groups in total. The molecule has 1 aliphatic rings. The number of anilines is 1. The van der Waals surface area contributed by atoms with Crippen LogP contribution >= 0.6 is 0 Å². The molecule has 0 aliphatic carbocycles. The van der Waals surface area contributed by atoms with E-state index in [1.807, 2.05) is 18.3 Å². The van der Waals surface area contributed by atoms with Gasteiger partial charge in [0.1, 0.15) is 0 Å². The highest BCUT2D eigenvalue weighted by Gasteiger charge is 2.28. The maximum atomic E-state index is 5.07. The van der Waals surface area contributed by atoms with E-state index in [1.54, 1.807) is 7.11 Å². The van der Waals surface area contributed by atoms with E-state index in [4.69, 9.17) is 4.74 Å². The second-order valence-corrected chi connectivity index (χ2v) is 5.34. The summed E-state index contributed by atoms with van der Waals surface area (Å²) >= 11 is 0. The van der Waals surface area contributed by atoms with E-state index in [1.165, 1.54) is 6.42 Å². The molecule has 1 fully saturated rings. The van der Waals surface area contributed by atoms with Crippen LogP contribution in [0.3, 0.4) is 0 Å². The summed E-state index contributed by atoms with van der Waals surface area (Å²) in [5.41, 5.74) is 1.07. The summed E-state index contributed by atoms with van der Waals surface area (Å²) in [4.78, 5) is 6.65. The monoisotopic (exact) mass is 249 g/mol. The Balaban J connectivity index is 1.99. The molecule has 100 valence electrons. The summed E-state index contributed by atoms with van der Waals surface area (Å²) in [5.74, 6) is 1.30. The molecular formula is C14H23N3O. The number of nitrogens with one attached hydrogen (secondary N) is 1. The molecule has 18 heavy (non-hydrogen) atoms. The molecule has 0 aromatic carbocycles. The first-order valence-corrected chi connectivity index (χ1v) is 6.57. The van der Waals surface area contributed by atoms with Crippen molar-refractivity contribution in [1.82, 2.24) is 9.88 Å². The molecule has 0 radical (unpaired) electrons. The van der Waals surface area contributed by atoms with Gasteiger partial charge >= 0.3 is 0 Å². The maximum Gasteiger partial charge on any atom is 0.213 e. The van der Waals surface area contributed by atoms with E-state index in [0.29, 0.717) is 23.9 Å². The van der Waals surface area contributed by atoms with Crippen LogP contribution in [0, 0.1) is 5.92 Å². The molecule has 1 aliphatic heterocycles. The highest BCUT2D eigenvalue weighted by molar-refractivity contribution is 5.43. The number of hydrogen-bond acceptors (Lipinski definition) is 4. The molecule has 1 saturated heterocycles. The predicted molar refractivity (Wildman–Crippen MR) is 74.1 cm³/mol. The fourth-order valence-electron chi connectivity index (χ4n) is 2.54. The van der Waals surface area contributed by atoms with Gasteiger partial charge in [-0.1, -0.05) is 6.92 Å². The second kappa shape index (κ2) is 5.57. The van der Waals surface area contributed by atoms with Gasteiger partial charge in [-0.15, -0.1) is 0 Å². The van der Waals surface area contributed by atoms with Gasteiger partial charge in [0.05, 0.1) is 19.0 Å². The van der Waals surface area contributed by atoms with Gasteiger partial charge < -0.3 is 15.0 Å². The Hall–Kier alpha value is -1.29. The third-order valence-electron chi connectivity index (χ3n) is 3.91. The minimum Gasteiger partial charge on any atom is -0.481 e. The number of ether oxygens (including phenoxy) is 1. The number of pyridine rings is 1. The highest BCUT2D eigenvalue weighted by Crippen LogP contribution is 2.24. The summed E-state index contributed by atoms with van der Waals surface area (Å²) in [7, 11) is 3.84. The SMILES string of the molecule is COc1ccc(NC2CC(C)N(C)CC2C)cn1. The van der Waals surface area contributed by atoms with Crippen LogP contribution in [0.2, 0.25) is 0 Å². The van der Waals surface area contributed by atoms with Gasteiger partial charge in [-0.05, 0) is 32.4 Å². The quantitative estimate of drug-likeness (QED) is 0.891. The summed E-state index contributed by atoms with van der Waals surface area (Å²) in [5, 5.41) is 3.59. The lowest BCUT2D eigenvalue weighted by Crippen LogP contribution is -2.48. The zero-order chi connectivity index (χ0) is 13.1. The molecule has 0 amide bonds. The number of piperidine rings is 1. The third kappa shape index (κ3) is 2.93. The first-order valence-electron chi connectivity index (χ1n) is 6.57. The zero-order valence-electron chi connectivity index (χ0n) is 11.7. The minimum atomic E-state index is 0.520. The third-order valence-corrected chi connectivity index (χ3v) is 3.91. The zero-order valence-corrected chi connectivity index (χ0v) is 11.7. The van der Waals surface area contributed by atoms with Crippen molar-refractivity contribution in [3.8, 4) is 5.88 Å². The number of nitrogens with zero attached hydrogens (tertiary/aromatic N) is 2. The Morgan fingerprint density at radius 1 is 1.39 bits per heavy atom. The lowest BCUT2D eigenvalue weighted by Gasteiger charge is -2.40. The van der Waals surface area contributed by atoms with Gasteiger partial charge in [0.2, 0.25) is 5.88 Å². The van der Waals surface area contributed by atoms with Crippen molar-refractivity contribution >= 4 is 5.69 Å². The largest absolute Gasteiger partial charge is 0.481 e. The van der Waals surface area contributed by atoms with Crippen LogP contribution in [0.25, 0.3) is 0 Å². The Morgan fingerprint density at radius 3 is 2.78 bits per heavy atom. The van der Waals surface area contributed by atoms with Crippen molar-refractivity contribution in [2.45, 2.75) is 32.4 Å². The summed E-state index contributed by atoms with van der Waals surface area (Å²) in [6, 6.07) is 5.07. The number of likely N-dealkylation sites (tertiary alicyclic amines) is 1. The lowest BCUT2D eigenvalue weighted by atomic mass is 9.90. The Labute approximate surface area is 109 Å². The molecule has 0 spiro atoms. The molecule has 2 heterocycles. The number of hydrogen-bond donors (Lipinski definition) is 1. The average Bonchev–Trinajstić information content (AvgIpc) is 2.37. The van der Waals surface area contributed by atoms with Crippen molar-refractivity contribution in [1.29, 1.82) is 0 Å². The van der Waals surface area contributed by atoms with Crippen LogP contribution in [-0.2, 0) is 0 Å². The number of rotatable bonds is 3. The molecule has 4 heteroatoms. The summed E-state index contributed by atoms with van der Waals surface area (Å²) in [6.07, 6.45) is 3.01. The topological polar surface area (TPSA) is 37.4 Å². The van der Waals surface area contributed by atoms with Crippen molar-refractivity contribution in [2.24, 2.45) is 5.92 Å². The second-order valence-electron chi connectivity index (χ2n) is 5.34. The van der Waals surface area contributed by atoms with E-state index in [2.05, 4.69) is 36.1 Å². The standard InChI is InChI=1S/C14H23N3O/c1-10-9-17(3)11(2)7-13(10)16-12-5-6-14(18-4)15-8-12/h5-6,8,10-11,13,16H,7,9H2,1-4H3. The van der Waals surface area contributed by atoms with E-state index in [9.17, 15) is 0 Å². The minimum absolute atomic E-state index is 0.520. The van der Waals surface area contributed by atoms with Crippen LogP contribution in [0.15, 0.2) is 18.3 Å². The van der Waals surface area contributed by atoms with Gasteiger partial charge in [0, 0.05) is 24.7 Å². The number of methoxy groups -OCH3 is 1. The van der Waals surface area contributed by atoms with E-state index < -0.39 is 0 Å². The molecule has 0 bridgehead atoms. The van der Waals surface area contributed by atoms with Crippen LogP contribution in [0.1, 0.15) is 20.3 Å². The van der Waals surface area contributed by atoms with E-state index in [0.717, 1.165) is 12.2 Å². The molecular weight excluding hydrogens is 226 g/mol. The maximum absolute atomic E-state index is 5.07. The van der Waals surface area contributed by atoms with Crippen molar-refractivity contribution in [3.05, 3.63) is 18.3 Å². The molecule has 4 nitrogen and oxygen atoms in total. The molecule has 1 aromatic rings. The average molecular weight is 249 g/mol. The van der Waals surface area contributed by atoms with Crippen LogP contribution in [-0.4, -0.2) is 42.7 Å². The normalized spacial score (nSPS) is 29.0. The molecule has 1 aromatic heterocycles. The fourth-order valence-corrected chi connectivity index (χ4v) is 2.54. The summed E-state index contributed by atoms with van der Waals surface area (Å²) < 4.78 is 5.07. The van der Waals surface area contributed by atoms with Crippen molar-refractivity contribution in [3.63, 3.8) is 0 Å². The van der Waals surface area contributed by atoms with Crippen LogP contribution < -0.4 is 10.1 Å². The van der Waals surface area contributed by atoms with E-state index in [-0.39, 0.29) is 0 Å². The highest BCUT2D eigenvalue weighted by atomic mass is 16.5. The Kier molecular flexibility index (Phi) is 4.07. The van der Waals surface area contributed by atoms with Gasteiger partial charge in [-0.25, -0.2) is 4.98 Å². The van der Waals surface area contributed by atoms with Crippen LogP contribution in [0.5, 0.6) is 5.88 Å². The first-order chi connectivity index (χ1) is 8.60. The predicted octanol–water partition coefficient (Wildman–Crippen LogP) is 2.23. The summed E-state index contributed by atoms with van der Waals surface area (Å²) in [6.45, 7) is 5.73. The van der Waals surface area contributed by atoms with Gasteiger partial charge in [0.15, 0.2) is 0 Å². The molecule has 0 saturated carbocycles. The Bertz CT molecular complexity index is 379. The Morgan fingerprint density at radius 2 is 2.17 bits per heavy atom. The van der Waals surface area contributed by atoms with Crippen molar-refractivity contribution < 1.29 is 4.74 Å². The smallest absolute Gasteiger partial charge is 0.213 e. The molecule has 3 unspecified atom stereocenters. The fraction of sp³-hybridized carbons (Fsp3) is 0.643. The van der Waals surface area contributed by atoms with Crippen LogP contribution in [0.4, 0.5) is 5.69 Å². The number of aromatic nitrogens is 1. The first kappa shape index (κ1) is 13.1. The lowest BCUT2D eigenvalue weighted by molar-refractivity contribution is 0.145. The van der Waals surface area contributed by atoms with Gasteiger partial charge in [0.25, 0.3) is 0 Å². The molecule has 2 rings (SSSR count).